The lowest BCUT2D eigenvalue weighted by Crippen LogP contribution is -2.16. The van der Waals surface area contributed by atoms with Crippen LogP contribution in [0.4, 0.5) is 4.39 Å². The first kappa shape index (κ1) is 12.5. The molecule has 0 saturated carbocycles. The third-order valence-electron chi connectivity index (χ3n) is 2.69. The van der Waals surface area contributed by atoms with Crippen molar-refractivity contribution in [2.24, 2.45) is 11.8 Å². The van der Waals surface area contributed by atoms with Crippen molar-refractivity contribution in [1.82, 2.24) is 0 Å². The van der Waals surface area contributed by atoms with Crippen LogP contribution in [0.2, 0.25) is 5.02 Å². The first-order chi connectivity index (χ1) is 7.06. The SMILES string of the molecule is CC(C)C(CO)Cc1cccc(F)c1Cl. The third kappa shape index (κ3) is 3.18. The van der Waals surface area contributed by atoms with Gasteiger partial charge in [-0.2, -0.15) is 0 Å². The summed E-state index contributed by atoms with van der Waals surface area (Å²) in [7, 11) is 0. The van der Waals surface area contributed by atoms with E-state index < -0.39 is 5.82 Å². The fourth-order valence-corrected chi connectivity index (χ4v) is 1.70. The molecule has 1 aromatic rings. The standard InChI is InChI=1S/C12H16ClFO/c1-8(2)10(7-15)6-9-4-3-5-11(14)12(9)13/h3-5,8,10,15H,6-7H2,1-2H3. The lowest BCUT2D eigenvalue weighted by Gasteiger charge is -2.18. The zero-order chi connectivity index (χ0) is 11.4. The van der Waals surface area contributed by atoms with E-state index in [1.807, 2.05) is 13.8 Å². The van der Waals surface area contributed by atoms with Crippen LogP contribution in [-0.4, -0.2) is 11.7 Å². The highest BCUT2D eigenvalue weighted by Gasteiger charge is 2.15. The Kier molecular flexibility index (Phi) is 4.55. The number of aliphatic hydroxyl groups is 1. The van der Waals surface area contributed by atoms with Gasteiger partial charge in [-0.3, -0.25) is 0 Å². The summed E-state index contributed by atoms with van der Waals surface area (Å²) in [4.78, 5) is 0. The van der Waals surface area contributed by atoms with Gasteiger partial charge in [0.2, 0.25) is 0 Å². The third-order valence-corrected chi connectivity index (χ3v) is 3.11. The van der Waals surface area contributed by atoms with Crippen molar-refractivity contribution in [2.45, 2.75) is 20.3 Å². The second-order valence-corrected chi connectivity index (χ2v) is 4.48. The van der Waals surface area contributed by atoms with Crippen molar-refractivity contribution >= 4 is 11.6 Å². The molecule has 84 valence electrons. The fraction of sp³-hybridized carbons (Fsp3) is 0.500. The summed E-state index contributed by atoms with van der Waals surface area (Å²) in [5.74, 6) is 0.0910. The summed E-state index contributed by atoms with van der Waals surface area (Å²) in [6.45, 7) is 4.17. The van der Waals surface area contributed by atoms with E-state index in [4.69, 9.17) is 11.6 Å². The van der Waals surface area contributed by atoms with Gasteiger partial charge in [-0.05, 0) is 29.9 Å². The van der Waals surface area contributed by atoms with Crippen molar-refractivity contribution in [2.75, 3.05) is 6.61 Å². The summed E-state index contributed by atoms with van der Waals surface area (Å²) < 4.78 is 13.1. The molecule has 0 bridgehead atoms. The Morgan fingerprint density at radius 3 is 2.60 bits per heavy atom. The maximum absolute atomic E-state index is 13.1. The van der Waals surface area contributed by atoms with Crippen molar-refractivity contribution < 1.29 is 9.50 Å². The van der Waals surface area contributed by atoms with E-state index in [9.17, 15) is 9.50 Å². The molecule has 1 rings (SSSR count). The molecular formula is C12H16ClFO. The Hall–Kier alpha value is -0.600. The van der Waals surface area contributed by atoms with Gasteiger partial charge in [-0.15, -0.1) is 0 Å². The van der Waals surface area contributed by atoms with E-state index in [1.165, 1.54) is 6.07 Å². The number of halogens is 2. The first-order valence-corrected chi connectivity index (χ1v) is 5.47. The highest BCUT2D eigenvalue weighted by Crippen LogP contribution is 2.24. The molecular weight excluding hydrogens is 215 g/mol. The minimum atomic E-state index is -0.394. The summed E-state index contributed by atoms with van der Waals surface area (Å²) in [5, 5.41) is 9.36. The van der Waals surface area contributed by atoms with E-state index >= 15 is 0 Å². The van der Waals surface area contributed by atoms with E-state index in [0.29, 0.717) is 12.3 Å². The van der Waals surface area contributed by atoms with Crippen LogP contribution in [0, 0.1) is 17.7 Å². The molecule has 0 aromatic heterocycles. The van der Waals surface area contributed by atoms with Gasteiger partial charge in [0.15, 0.2) is 0 Å². The van der Waals surface area contributed by atoms with Gasteiger partial charge < -0.3 is 5.11 Å². The Morgan fingerprint density at radius 1 is 1.40 bits per heavy atom. The Balaban J connectivity index is 2.84. The molecule has 0 heterocycles. The van der Waals surface area contributed by atoms with Crippen LogP contribution >= 0.6 is 11.6 Å². The fourth-order valence-electron chi connectivity index (χ4n) is 1.50. The van der Waals surface area contributed by atoms with Crippen LogP contribution in [0.3, 0.4) is 0 Å². The van der Waals surface area contributed by atoms with Crippen molar-refractivity contribution in [1.29, 1.82) is 0 Å². The van der Waals surface area contributed by atoms with Gasteiger partial charge in [0.1, 0.15) is 5.82 Å². The van der Waals surface area contributed by atoms with Gasteiger partial charge in [0.25, 0.3) is 0 Å². The monoisotopic (exact) mass is 230 g/mol. The Labute approximate surface area is 94.9 Å². The molecule has 0 aliphatic heterocycles. The Morgan fingerprint density at radius 2 is 2.07 bits per heavy atom. The van der Waals surface area contributed by atoms with Gasteiger partial charge in [-0.1, -0.05) is 37.6 Å². The molecule has 15 heavy (non-hydrogen) atoms. The average molecular weight is 231 g/mol. The molecule has 0 aliphatic rings. The molecule has 3 heteroatoms. The summed E-state index contributed by atoms with van der Waals surface area (Å²) >= 11 is 5.84. The summed E-state index contributed by atoms with van der Waals surface area (Å²) in [5.41, 5.74) is 0.768. The zero-order valence-corrected chi connectivity index (χ0v) is 9.76. The number of benzene rings is 1. The second kappa shape index (κ2) is 5.47. The van der Waals surface area contributed by atoms with Crippen LogP contribution < -0.4 is 0 Å². The van der Waals surface area contributed by atoms with Crippen LogP contribution in [0.15, 0.2) is 18.2 Å². The lowest BCUT2D eigenvalue weighted by molar-refractivity contribution is 0.189. The molecule has 0 amide bonds. The maximum Gasteiger partial charge on any atom is 0.142 e. The first-order valence-electron chi connectivity index (χ1n) is 5.10. The van der Waals surface area contributed by atoms with Crippen molar-refractivity contribution in [3.63, 3.8) is 0 Å². The van der Waals surface area contributed by atoms with Crippen LogP contribution in [0.1, 0.15) is 19.4 Å². The molecule has 1 atom stereocenters. The normalized spacial score (nSPS) is 13.2. The van der Waals surface area contributed by atoms with Crippen molar-refractivity contribution in [3.05, 3.63) is 34.6 Å². The largest absolute Gasteiger partial charge is 0.396 e. The zero-order valence-electron chi connectivity index (χ0n) is 9.00. The molecule has 1 aromatic carbocycles. The number of hydrogen-bond acceptors (Lipinski definition) is 1. The van der Waals surface area contributed by atoms with E-state index in [2.05, 4.69) is 0 Å². The van der Waals surface area contributed by atoms with Crippen LogP contribution in [0.25, 0.3) is 0 Å². The quantitative estimate of drug-likeness (QED) is 0.842. The molecule has 0 aliphatic carbocycles. The maximum atomic E-state index is 13.1. The highest BCUT2D eigenvalue weighted by molar-refractivity contribution is 6.31. The van der Waals surface area contributed by atoms with E-state index in [1.54, 1.807) is 12.1 Å². The van der Waals surface area contributed by atoms with Gasteiger partial charge >= 0.3 is 0 Å². The van der Waals surface area contributed by atoms with Gasteiger partial charge in [0.05, 0.1) is 5.02 Å². The molecule has 0 radical (unpaired) electrons. The molecule has 0 fully saturated rings. The molecule has 1 N–H and O–H groups in total. The molecule has 1 unspecified atom stereocenters. The van der Waals surface area contributed by atoms with E-state index in [0.717, 1.165) is 5.56 Å². The number of aliphatic hydroxyl groups excluding tert-OH is 1. The van der Waals surface area contributed by atoms with Gasteiger partial charge in [0, 0.05) is 6.61 Å². The summed E-state index contributed by atoms with van der Waals surface area (Å²) in [6, 6.07) is 4.79. The smallest absolute Gasteiger partial charge is 0.142 e. The van der Waals surface area contributed by atoms with Crippen LogP contribution in [0.5, 0.6) is 0 Å². The highest BCUT2D eigenvalue weighted by atomic mass is 35.5. The Bertz CT molecular complexity index is 325. The number of rotatable bonds is 4. The van der Waals surface area contributed by atoms with Gasteiger partial charge in [-0.25, -0.2) is 4.39 Å². The predicted octanol–water partition coefficient (Wildman–Crippen LogP) is 3.29. The lowest BCUT2D eigenvalue weighted by atomic mass is 9.90. The molecule has 1 nitrogen and oxygen atoms in total. The van der Waals surface area contributed by atoms with E-state index in [-0.39, 0.29) is 17.5 Å². The van der Waals surface area contributed by atoms with Crippen LogP contribution in [-0.2, 0) is 6.42 Å². The minimum Gasteiger partial charge on any atom is -0.396 e. The second-order valence-electron chi connectivity index (χ2n) is 4.10. The molecule has 0 spiro atoms. The molecule has 0 saturated heterocycles. The predicted molar refractivity (Wildman–Crippen MR) is 60.5 cm³/mol. The minimum absolute atomic E-state index is 0.102. The topological polar surface area (TPSA) is 20.2 Å². The van der Waals surface area contributed by atoms with Crippen molar-refractivity contribution in [3.8, 4) is 0 Å². The number of hydrogen-bond donors (Lipinski definition) is 1. The average Bonchev–Trinajstić information content (AvgIpc) is 2.19. The summed E-state index contributed by atoms with van der Waals surface area (Å²) in [6.07, 6.45) is 0.616.